The molecule has 0 aromatic heterocycles. The number of hydrogen-bond acceptors (Lipinski definition) is 7. The Kier molecular flexibility index (Phi) is 6.22. The Labute approximate surface area is 158 Å². The van der Waals surface area contributed by atoms with Crippen LogP contribution in [0.5, 0.6) is 11.5 Å². The quantitative estimate of drug-likeness (QED) is 0.418. The van der Waals surface area contributed by atoms with Crippen LogP contribution in [0, 0.1) is 0 Å². The first-order valence-electron chi connectivity index (χ1n) is 7.48. The number of carboxylic acid groups (broad SMARTS) is 1. The summed E-state index contributed by atoms with van der Waals surface area (Å²) < 4.78 is 0.263. The highest BCUT2D eigenvalue weighted by Crippen LogP contribution is 2.34. The average molecular weight is 396 g/mol. The van der Waals surface area contributed by atoms with Crippen molar-refractivity contribution in [2.24, 2.45) is 0 Å². The Morgan fingerprint density at radius 3 is 2.69 bits per heavy atom. The van der Waals surface area contributed by atoms with E-state index in [1.165, 1.54) is 30.0 Å². The summed E-state index contributed by atoms with van der Waals surface area (Å²) in [5, 5.41) is 30.2. The number of aliphatic carboxylic acids is 1. The van der Waals surface area contributed by atoms with E-state index in [2.05, 4.69) is 5.32 Å². The van der Waals surface area contributed by atoms with E-state index < -0.39 is 23.8 Å². The van der Waals surface area contributed by atoms with Gasteiger partial charge in [-0.3, -0.25) is 19.3 Å². The van der Waals surface area contributed by atoms with Crippen LogP contribution in [-0.2, 0) is 14.4 Å². The summed E-state index contributed by atoms with van der Waals surface area (Å²) >= 11 is 6.17. The number of nitrogens with zero attached hydrogens (tertiary/aromatic N) is 1. The summed E-state index contributed by atoms with van der Waals surface area (Å²) in [4.78, 5) is 36.4. The second-order valence-corrected chi connectivity index (χ2v) is 7.13. The van der Waals surface area contributed by atoms with Gasteiger partial charge in [-0.1, -0.05) is 24.0 Å². The van der Waals surface area contributed by atoms with Gasteiger partial charge in [-0.25, -0.2) is 0 Å². The predicted molar refractivity (Wildman–Crippen MR) is 99.5 cm³/mol. The minimum Gasteiger partial charge on any atom is -0.508 e. The van der Waals surface area contributed by atoms with Gasteiger partial charge in [-0.2, -0.15) is 0 Å². The number of nitrogens with one attached hydrogen (secondary N) is 1. The van der Waals surface area contributed by atoms with Crippen molar-refractivity contribution in [1.29, 1.82) is 0 Å². The SMILES string of the molecule is CC(NC(=O)CCN1C(=O)/C(=C/c2ccc(O)cc2O)SC1=S)C(=O)O. The molecule has 1 aliphatic rings. The van der Waals surface area contributed by atoms with Crippen LogP contribution in [0.25, 0.3) is 6.08 Å². The third kappa shape index (κ3) is 4.73. The highest BCUT2D eigenvalue weighted by Gasteiger charge is 2.32. The molecule has 1 fully saturated rings. The van der Waals surface area contributed by atoms with Crippen molar-refractivity contribution >= 4 is 52.2 Å². The molecule has 138 valence electrons. The van der Waals surface area contributed by atoms with Gasteiger partial charge in [-0.05, 0) is 25.1 Å². The molecule has 4 N–H and O–H groups in total. The van der Waals surface area contributed by atoms with Crippen molar-refractivity contribution in [3.8, 4) is 11.5 Å². The number of aromatic hydroxyl groups is 2. The van der Waals surface area contributed by atoms with Crippen molar-refractivity contribution in [2.75, 3.05) is 6.54 Å². The maximum Gasteiger partial charge on any atom is 0.325 e. The van der Waals surface area contributed by atoms with Crippen LogP contribution in [-0.4, -0.2) is 54.9 Å². The number of phenolic OH excluding ortho intramolecular Hbond substituents is 2. The van der Waals surface area contributed by atoms with Gasteiger partial charge in [-0.15, -0.1) is 0 Å². The number of rotatable bonds is 6. The molecule has 1 aliphatic heterocycles. The van der Waals surface area contributed by atoms with Crippen LogP contribution in [0.1, 0.15) is 18.9 Å². The number of thioether (sulfide) groups is 1. The average Bonchev–Trinajstić information content (AvgIpc) is 2.81. The second-order valence-electron chi connectivity index (χ2n) is 5.45. The normalized spacial score (nSPS) is 16.8. The molecular formula is C16H16N2O6S2. The molecule has 0 bridgehead atoms. The van der Waals surface area contributed by atoms with Crippen LogP contribution >= 0.6 is 24.0 Å². The maximum atomic E-state index is 12.4. The number of hydrogen-bond donors (Lipinski definition) is 4. The molecule has 10 heteroatoms. The highest BCUT2D eigenvalue weighted by molar-refractivity contribution is 8.26. The molecule has 1 saturated heterocycles. The lowest BCUT2D eigenvalue weighted by Gasteiger charge is -2.15. The first-order valence-corrected chi connectivity index (χ1v) is 8.71. The Morgan fingerprint density at radius 2 is 2.08 bits per heavy atom. The van der Waals surface area contributed by atoms with Gasteiger partial charge >= 0.3 is 5.97 Å². The molecule has 0 aliphatic carbocycles. The van der Waals surface area contributed by atoms with E-state index in [-0.39, 0.29) is 33.7 Å². The topological polar surface area (TPSA) is 127 Å². The van der Waals surface area contributed by atoms with Crippen molar-refractivity contribution < 1.29 is 29.7 Å². The van der Waals surface area contributed by atoms with E-state index in [0.717, 1.165) is 17.8 Å². The predicted octanol–water partition coefficient (Wildman–Crippen LogP) is 1.28. The number of carboxylic acids is 1. The number of carbonyl (C=O) groups excluding carboxylic acids is 2. The minimum absolute atomic E-state index is 0.0156. The molecule has 1 atom stereocenters. The fourth-order valence-electron chi connectivity index (χ4n) is 2.08. The molecule has 0 saturated carbocycles. The zero-order chi connectivity index (χ0) is 19.4. The van der Waals surface area contributed by atoms with Gasteiger partial charge in [0.15, 0.2) is 0 Å². The molecule has 1 aromatic carbocycles. The first kappa shape index (κ1) is 19.7. The lowest BCUT2D eigenvalue weighted by Crippen LogP contribution is -2.40. The summed E-state index contributed by atoms with van der Waals surface area (Å²) in [6.07, 6.45) is 1.35. The van der Waals surface area contributed by atoms with Gasteiger partial charge in [0.25, 0.3) is 5.91 Å². The third-order valence-electron chi connectivity index (χ3n) is 3.48. The smallest absolute Gasteiger partial charge is 0.325 e. The van der Waals surface area contributed by atoms with Crippen LogP contribution < -0.4 is 5.32 Å². The number of thiocarbonyl (C=S) groups is 1. The van der Waals surface area contributed by atoms with Crippen molar-refractivity contribution in [3.05, 3.63) is 28.7 Å². The molecule has 0 radical (unpaired) electrons. The Morgan fingerprint density at radius 1 is 1.38 bits per heavy atom. The zero-order valence-electron chi connectivity index (χ0n) is 13.6. The molecular weight excluding hydrogens is 380 g/mol. The fourth-order valence-corrected chi connectivity index (χ4v) is 3.38. The molecule has 8 nitrogen and oxygen atoms in total. The summed E-state index contributed by atoms with van der Waals surface area (Å²) in [5.41, 5.74) is 0.344. The van der Waals surface area contributed by atoms with Gasteiger partial charge in [0.1, 0.15) is 21.9 Å². The summed E-state index contributed by atoms with van der Waals surface area (Å²) in [7, 11) is 0. The van der Waals surface area contributed by atoms with Crippen LogP contribution in [0.3, 0.4) is 0 Å². The van der Waals surface area contributed by atoms with E-state index in [0.29, 0.717) is 5.56 Å². The van der Waals surface area contributed by atoms with Crippen LogP contribution in [0.4, 0.5) is 0 Å². The molecule has 2 rings (SSSR count). The third-order valence-corrected chi connectivity index (χ3v) is 4.86. The van der Waals surface area contributed by atoms with Gasteiger partial charge in [0, 0.05) is 24.6 Å². The summed E-state index contributed by atoms with van der Waals surface area (Å²) in [6.45, 7) is 1.36. The van der Waals surface area contributed by atoms with Crippen molar-refractivity contribution in [3.63, 3.8) is 0 Å². The minimum atomic E-state index is -1.15. The summed E-state index contributed by atoms with van der Waals surface area (Å²) in [6, 6.07) is 2.96. The largest absolute Gasteiger partial charge is 0.508 e. The molecule has 2 amide bonds. The number of phenols is 2. The lowest BCUT2D eigenvalue weighted by molar-refractivity contribution is -0.141. The van der Waals surface area contributed by atoms with E-state index in [4.69, 9.17) is 17.3 Å². The fraction of sp³-hybridized carbons (Fsp3) is 0.250. The number of benzene rings is 1. The Hall–Kier alpha value is -2.59. The van der Waals surface area contributed by atoms with Crippen LogP contribution in [0.2, 0.25) is 0 Å². The molecule has 26 heavy (non-hydrogen) atoms. The zero-order valence-corrected chi connectivity index (χ0v) is 15.3. The molecule has 1 heterocycles. The molecule has 0 spiro atoms. The van der Waals surface area contributed by atoms with E-state index in [9.17, 15) is 24.6 Å². The van der Waals surface area contributed by atoms with Gasteiger partial charge in [0.05, 0.1) is 4.91 Å². The number of carbonyl (C=O) groups is 3. The Balaban J connectivity index is 2.03. The monoisotopic (exact) mass is 396 g/mol. The Bertz CT molecular complexity index is 808. The van der Waals surface area contributed by atoms with E-state index in [1.807, 2.05) is 0 Å². The lowest BCUT2D eigenvalue weighted by atomic mass is 10.1. The van der Waals surface area contributed by atoms with Gasteiger partial charge < -0.3 is 20.6 Å². The highest BCUT2D eigenvalue weighted by atomic mass is 32.2. The summed E-state index contributed by atoms with van der Waals surface area (Å²) in [5.74, 6) is -2.35. The second kappa shape index (κ2) is 8.19. The number of amides is 2. The van der Waals surface area contributed by atoms with Crippen molar-refractivity contribution in [2.45, 2.75) is 19.4 Å². The van der Waals surface area contributed by atoms with Crippen LogP contribution in [0.15, 0.2) is 23.1 Å². The van der Waals surface area contributed by atoms with E-state index in [1.54, 1.807) is 0 Å². The van der Waals surface area contributed by atoms with E-state index >= 15 is 0 Å². The van der Waals surface area contributed by atoms with Gasteiger partial charge in [0.2, 0.25) is 5.91 Å². The molecule has 1 unspecified atom stereocenters. The standard InChI is InChI=1S/C16H16N2O6S2/c1-8(15(23)24)17-13(21)4-5-18-14(22)12(26-16(18)25)6-9-2-3-10(19)7-11(9)20/h2-3,6-8,19-20H,4-5H2,1H3,(H,17,21)(H,23,24)/b12-6-. The first-order chi connectivity index (χ1) is 12.2. The maximum absolute atomic E-state index is 12.4. The van der Waals surface area contributed by atoms with Crippen molar-refractivity contribution in [1.82, 2.24) is 10.2 Å². The molecule has 1 aromatic rings.